The maximum atomic E-state index is 13.2. The first kappa shape index (κ1) is 29.3. The summed E-state index contributed by atoms with van der Waals surface area (Å²) in [6.45, 7) is 13.5. The van der Waals surface area contributed by atoms with E-state index in [1.807, 2.05) is 0 Å². The van der Waals surface area contributed by atoms with Crippen LogP contribution in [0.25, 0.3) is 0 Å². The third-order valence-electron chi connectivity index (χ3n) is 7.98. The van der Waals surface area contributed by atoms with Crippen molar-refractivity contribution in [2.45, 2.75) is 105 Å². The molecule has 3 atom stereocenters. The van der Waals surface area contributed by atoms with Crippen molar-refractivity contribution in [3.63, 3.8) is 0 Å². The standard InChI is InChI=1S/C22H36N4O4.C5H12/c1-22(2,14-7-4-8-14)15-10-17(26(12-15)18(27)11-23)21(30)25-16(19(28)20(24)29)9-13-5-3-6-13;1-5(2,3)4/h13-17H,3-12,23H2,1-2H3,(H2,24,29)(H,25,30);1-4H3. The van der Waals surface area contributed by atoms with Crippen LogP contribution in [0.5, 0.6) is 0 Å². The van der Waals surface area contributed by atoms with Gasteiger partial charge in [0.25, 0.3) is 5.91 Å². The third kappa shape index (κ3) is 8.02. The van der Waals surface area contributed by atoms with Gasteiger partial charge in [-0.1, -0.05) is 67.2 Å². The molecule has 0 bridgehead atoms. The number of carbonyl (C=O) groups excluding carboxylic acids is 4. The molecule has 2 saturated carbocycles. The topological polar surface area (TPSA) is 136 Å². The number of rotatable bonds is 9. The number of likely N-dealkylation sites (tertiary alicyclic amines) is 1. The minimum absolute atomic E-state index is 0.0226. The van der Waals surface area contributed by atoms with Gasteiger partial charge in [-0.2, -0.15) is 0 Å². The Balaban J connectivity index is 0.000000784. The fraction of sp³-hybridized carbons (Fsp3) is 0.852. The van der Waals surface area contributed by atoms with Crippen molar-refractivity contribution in [1.29, 1.82) is 0 Å². The molecule has 0 aromatic heterocycles. The summed E-state index contributed by atoms with van der Waals surface area (Å²) in [6, 6.07) is -1.59. The number of carbonyl (C=O) groups is 4. The van der Waals surface area contributed by atoms with Crippen LogP contribution in [0, 0.1) is 28.6 Å². The first-order valence-corrected chi connectivity index (χ1v) is 13.3. The fourth-order valence-electron chi connectivity index (χ4n) is 5.24. The second kappa shape index (κ2) is 11.8. The van der Waals surface area contributed by atoms with E-state index in [0.717, 1.165) is 19.3 Å². The maximum Gasteiger partial charge on any atom is 0.287 e. The van der Waals surface area contributed by atoms with E-state index in [1.165, 1.54) is 19.3 Å². The van der Waals surface area contributed by atoms with Crippen LogP contribution in [0.2, 0.25) is 0 Å². The number of nitrogens with one attached hydrogen (secondary N) is 1. The van der Waals surface area contributed by atoms with Crippen molar-refractivity contribution < 1.29 is 19.2 Å². The van der Waals surface area contributed by atoms with Crippen LogP contribution in [-0.2, 0) is 19.2 Å². The first-order valence-electron chi connectivity index (χ1n) is 13.3. The molecule has 3 rings (SSSR count). The molecule has 1 heterocycles. The lowest BCUT2D eigenvalue weighted by Gasteiger charge is -2.44. The minimum Gasteiger partial charge on any atom is -0.363 e. The van der Waals surface area contributed by atoms with Crippen LogP contribution < -0.4 is 16.8 Å². The zero-order chi connectivity index (χ0) is 26.6. The van der Waals surface area contributed by atoms with Crippen molar-refractivity contribution >= 4 is 23.5 Å². The van der Waals surface area contributed by atoms with Crippen molar-refractivity contribution in [3.8, 4) is 0 Å². The normalized spacial score (nSPS) is 23.9. The highest BCUT2D eigenvalue weighted by Gasteiger charge is 2.49. The molecule has 200 valence electrons. The zero-order valence-electron chi connectivity index (χ0n) is 22.7. The number of nitrogens with zero attached hydrogens (tertiary/aromatic N) is 1. The second-order valence-corrected chi connectivity index (χ2v) is 13.0. The molecular formula is C27H48N4O4. The van der Waals surface area contributed by atoms with Crippen molar-refractivity contribution in [1.82, 2.24) is 10.2 Å². The Labute approximate surface area is 211 Å². The number of amides is 3. The van der Waals surface area contributed by atoms with Crippen molar-refractivity contribution in [2.24, 2.45) is 40.1 Å². The van der Waals surface area contributed by atoms with Crippen LogP contribution in [0.15, 0.2) is 0 Å². The summed E-state index contributed by atoms with van der Waals surface area (Å²) >= 11 is 0. The largest absolute Gasteiger partial charge is 0.363 e. The second-order valence-electron chi connectivity index (χ2n) is 13.0. The van der Waals surface area contributed by atoms with Crippen molar-refractivity contribution in [3.05, 3.63) is 0 Å². The average molecular weight is 493 g/mol. The number of Topliss-reactive ketones (excluding diaryl/α,β-unsaturated/α-hetero) is 1. The Hall–Kier alpha value is -1.96. The van der Waals surface area contributed by atoms with Crippen LogP contribution in [0.4, 0.5) is 0 Å². The summed E-state index contributed by atoms with van der Waals surface area (Å²) in [4.78, 5) is 51.0. The summed E-state index contributed by atoms with van der Waals surface area (Å²) < 4.78 is 0. The lowest BCUT2D eigenvalue weighted by atomic mass is 9.61. The highest BCUT2D eigenvalue weighted by Crippen LogP contribution is 2.50. The van der Waals surface area contributed by atoms with Crippen LogP contribution in [0.3, 0.4) is 0 Å². The number of hydrogen-bond donors (Lipinski definition) is 3. The molecule has 35 heavy (non-hydrogen) atoms. The third-order valence-corrected chi connectivity index (χ3v) is 7.98. The zero-order valence-corrected chi connectivity index (χ0v) is 22.7. The van der Waals surface area contributed by atoms with Gasteiger partial charge in [-0.3, -0.25) is 19.2 Å². The summed E-state index contributed by atoms with van der Waals surface area (Å²) in [5, 5.41) is 2.75. The monoisotopic (exact) mass is 492 g/mol. The summed E-state index contributed by atoms with van der Waals surface area (Å²) in [7, 11) is 0. The van der Waals surface area contributed by atoms with Gasteiger partial charge in [0.1, 0.15) is 6.04 Å². The summed E-state index contributed by atoms with van der Waals surface area (Å²) in [5.41, 5.74) is 11.3. The number of hydrogen-bond acceptors (Lipinski definition) is 5. The van der Waals surface area contributed by atoms with Gasteiger partial charge in [0.15, 0.2) is 0 Å². The van der Waals surface area contributed by atoms with E-state index in [0.29, 0.717) is 36.6 Å². The van der Waals surface area contributed by atoms with E-state index >= 15 is 0 Å². The smallest absolute Gasteiger partial charge is 0.287 e. The van der Waals surface area contributed by atoms with Gasteiger partial charge in [-0.25, -0.2) is 0 Å². The Kier molecular flexibility index (Phi) is 9.91. The molecule has 0 spiro atoms. The number of ketones is 1. The fourth-order valence-corrected chi connectivity index (χ4v) is 5.24. The molecule has 3 fully saturated rings. The highest BCUT2D eigenvalue weighted by molar-refractivity contribution is 6.37. The quantitative estimate of drug-likeness (QED) is 0.425. The molecule has 0 aromatic rings. The van der Waals surface area contributed by atoms with Crippen LogP contribution in [-0.4, -0.2) is 53.6 Å². The molecule has 0 radical (unpaired) electrons. The molecule has 2 aliphatic carbocycles. The molecule has 3 aliphatic rings. The highest BCUT2D eigenvalue weighted by atomic mass is 16.2. The Morgan fingerprint density at radius 1 is 0.943 bits per heavy atom. The van der Waals surface area contributed by atoms with E-state index in [2.05, 4.69) is 46.9 Å². The predicted octanol–water partition coefficient (Wildman–Crippen LogP) is 2.77. The van der Waals surface area contributed by atoms with E-state index in [9.17, 15) is 19.2 Å². The van der Waals surface area contributed by atoms with Gasteiger partial charge in [0, 0.05) is 6.54 Å². The Morgan fingerprint density at radius 3 is 1.89 bits per heavy atom. The maximum absolute atomic E-state index is 13.2. The minimum atomic E-state index is -1.04. The van der Waals surface area contributed by atoms with E-state index in [-0.39, 0.29) is 29.7 Å². The molecular weight excluding hydrogens is 444 g/mol. The lowest BCUT2D eigenvalue weighted by Crippen LogP contribution is -2.54. The van der Waals surface area contributed by atoms with Crippen LogP contribution >= 0.6 is 0 Å². The van der Waals surface area contributed by atoms with Gasteiger partial charge in [0.05, 0.1) is 12.6 Å². The number of nitrogens with two attached hydrogens (primary N) is 2. The van der Waals surface area contributed by atoms with Crippen LogP contribution in [0.1, 0.15) is 92.9 Å². The molecule has 3 unspecified atom stereocenters. The average Bonchev–Trinajstić information content (AvgIpc) is 3.11. The van der Waals surface area contributed by atoms with Gasteiger partial charge >= 0.3 is 0 Å². The Bertz CT molecular complexity index is 775. The van der Waals surface area contributed by atoms with Crippen molar-refractivity contribution in [2.75, 3.05) is 13.1 Å². The molecule has 8 nitrogen and oxygen atoms in total. The summed E-state index contributed by atoms with van der Waals surface area (Å²) in [5.74, 6) is -1.36. The van der Waals surface area contributed by atoms with E-state index in [1.54, 1.807) is 4.90 Å². The van der Waals surface area contributed by atoms with Gasteiger partial charge in [-0.05, 0) is 54.3 Å². The molecule has 3 amide bonds. The van der Waals surface area contributed by atoms with E-state index < -0.39 is 23.8 Å². The van der Waals surface area contributed by atoms with Gasteiger partial charge in [0.2, 0.25) is 17.6 Å². The predicted molar refractivity (Wildman–Crippen MR) is 137 cm³/mol. The lowest BCUT2D eigenvalue weighted by molar-refractivity contribution is -0.141. The van der Waals surface area contributed by atoms with E-state index in [4.69, 9.17) is 11.5 Å². The molecule has 0 aromatic carbocycles. The summed E-state index contributed by atoms with van der Waals surface area (Å²) in [6.07, 6.45) is 7.62. The molecule has 1 saturated heterocycles. The molecule has 1 aliphatic heterocycles. The molecule has 8 heteroatoms. The SMILES string of the molecule is CC(C)(C)C.CC(C)(C1CCC1)C1CC(C(=O)NC(CC2CCC2)C(=O)C(N)=O)N(C(=O)CN)C1. The molecule has 5 N–H and O–H groups in total. The van der Waals surface area contributed by atoms with Gasteiger partial charge in [-0.15, -0.1) is 0 Å². The number of primary amides is 1. The first-order chi connectivity index (χ1) is 16.1. The Morgan fingerprint density at radius 2 is 1.49 bits per heavy atom. The van der Waals surface area contributed by atoms with Gasteiger partial charge < -0.3 is 21.7 Å².